The van der Waals surface area contributed by atoms with Gasteiger partial charge in [-0.1, -0.05) is 72.9 Å². The summed E-state index contributed by atoms with van der Waals surface area (Å²) in [7, 11) is 8.44. The SMILES string of the molecule is C#C[C@H](NC(=O)[C@H](C)[C@@H](OC)[C@@H]1CCCN1C(=O)C[C@@H](OC)[C@H]([C@@H](C)CC)N(C)C(=O)[C@@H](NC(=O)[C@H](C(C)C)N(C)C)C(C)C)C(=O)NCc1ccc(N)cc1. The van der Waals surface area contributed by atoms with Crippen LogP contribution in [0.3, 0.4) is 0 Å². The van der Waals surface area contributed by atoms with Crippen LogP contribution in [0.1, 0.15) is 79.7 Å². The summed E-state index contributed by atoms with van der Waals surface area (Å²) in [6.45, 7) is 14.1. The zero-order valence-electron chi connectivity index (χ0n) is 35.8. The Morgan fingerprint density at radius 2 is 1.55 bits per heavy atom. The quantitative estimate of drug-likeness (QED) is 0.108. The first-order chi connectivity index (χ1) is 26.3. The lowest BCUT2D eigenvalue weighted by molar-refractivity contribution is -0.148. The van der Waals surface area contributed by atoms with Gasteiger partial charge in [-0.15, -0.1) is 6.42 Å². The number of benzene rings is 1. The van der Waals surface area contributed by atoms with Crippen molar-refractivity contribution in [3.05, 3.63) is 29.8 Å². The number of carbonyl (C=O) groups is 5. The van der Waals surface area contributed by atoms with Crippen LogP contribution in [0, 0.1) is 36.0 Å². The van der Waals surface area contributed by atoms with Gasteiger partial charge in [0, 0.05) is 40.0 Å². The Morgan fingerprint density at radius 3 is 2.05 bits per heavy atom. The zero-order valence-corrected chi connectivity index (χ0v) is 35.8. The number of methoxy groups -OCH3 is 2. The Kier molecular flexibility index (Phi) is 19.3. The first-order valence-corrected chi connectivity index (χ1v) is 19.8. The number of hydrogen-bond donors (Lipinski definition) is 4. The average Bonchev–Trinajstić information content (AvgIpc) is 3.64. The molecule has 314 valence electrons. The summed E-state index contributed by atoms with van der Waals surface area (Å²) in [5, 5.41) is 8.43. The highest BCUT2D eigenvalue weighted by molar-refractivity contribution is 5.91. The van der Waals surface area contributed by atoms with Gasteiger partial charge in [0.25, 0.3) is 5.91 Å². The van der Waals surface area contributed by atoms with Gasteiger partial charge < -0.3 is 41.0 Å². The highest BCUT2D eigenvalue weighted by Gasteiger charge is 2.43. The van der Waals surface area contributed by atoms with Gasteiger partial charge in [0.1, 0.15) is 6.04 Å². The van der Waals surface area contributed by atoms with Crippen LogP contribution < -0.4 is 21.7 Å². The van der Waals surface area contributed by atoms with Crippen LogP contribution >= 0.6 is 0 Å². The molecule has 0 aliphatic carbocycles. The highest BCUT2D eigenvalue weighted by Crippen LogP contribution is 2.30. The Labute approximate surface area is 335 Å². The van der Waals surface area contributed by atoms with Crippen LogP contribution in [0.4, 0.5) is 5.69 Å². The van der Waals surface area contributed by atoms with Gasteiger partial charge in [-0.05, 0) is 62.4 Å². The van der Waals surface area contributed by atoms with Crippen molar-refractivity contribution in [1.82, 2.24) is 30.7 Å². The first-order valence-electron chi connectivity index (χ1n) is 19.8. The number of nitrogen functional groups attached to an aromatic ring is 1. The predicted octanol–water partition coefficient (Wildman–Crippen LogP) is 2.65. The normalized spacial score (nSPS) is 18.6. The molecule has 0 aromatic heterocycles. The van der Waals surface area contributed by atoms with E-state index in [4.69, 9.17) is 21.6 Å². The summed E-state index contributed by atoms with van der Waals surface area (Å²) < 4.78 is 11.9. The van der Waals surface area contributed by atoms with Gasteiger partial charge in [-0.3, -0.25) is 28.9 Å². The number of likely N-dealkylation sites (tertiary alicyclic amines) is 1. The van der Waals surface area contributed by atoms with Crippen molar-refractivity contribution in [3.8, 4) is 12.3 Å². The van der Waals surface area contributed by atoms with Crippen molar-refractivity contribution in [1.29, 1.82) is 0 Å². The van der Waals surface area contributed by atoms with E-state index in [2.05, 4.69) is 21.9 Å². The number of terminal acetylenes is 1. The predicted molar refractivity (Wildman–Crippen MR) is 219 cm³/mol. The maximum Gasteiger partial charge on any atom is 0.255 e. The monoisotopic (exact) mass is 784 g/mol. The third-order valence-corrected chi connectivity index (χ3v) is 11.1. The molecule has 1 aromatic carbocycles. The van der Waals surface area contributed by atoms with Crippen LogP contribution in [0.5, 0.6) is 0 Å². The number of anilines is 1. The molecule has 14 nitrogen and oxygen atoms in total. The molecule has 5 amide bonds. The van der Waals surface area contributed by atoms with Gasteiger partial charge in [0.2, 0.25) is 23.6 Å². The Morgan fingerprint density at radius 1 is 0.929 bits per heavy atom. The fraction of sp³-hybridized carbons (Fsp3) is 0.690. The Bertz CT molecular complexity index is 1490. The summed E-state index contributed by atoms with van der Waals surface area (Å²) in [5.74, 6) is -0.286. The summed E-state index contributed by atoms with van der Waals surface area (Å²) in [6, 6.07) is 3.71. The van der Waals surface area contributed by atoms with Gasteiger partial charge in [-0.2, -0.15) is 0 Å². The Hall–Kier alpha value is -4.19. The number of nitrogens with two attached hydrogens (primary N) is 1. The largest absolute Gasteiger partial charge is 0.399 e. The molecule has 0 saturated carbocycles. The molecule has 0 unspecified atom stereocenters. The third kappa shape index (κ3) is 12.7. The van der Waals surface area contributed by atoms with E-state index in [1.165, 1.54) is 14.2 Å². The number of carbonyl (C=O) groups excluding carboxylic acids is 5. The minimum Gasteiger partial charge on any atom is -0.399 e. The molecule has 14 heteroatoms. The van der Waals surface area contributed by atoms with Crippen LogP contribution in [0.2, 0.25) is 0 Å². The molecular weight excluding hydrogens is 715 g/mol. The van der Waals surface area contributed by atoms with Gasteiger partial charge in [-0.25, -0.2) is 0 Å². The van der Waals surface area contributed by atoms with Gasteiger partial charge in [0.15, 0.2) is 6.04 Å². The summed E-state index contributed by atoms with van der Waals surface area (Å²) >= 11 is 0. The second-order valence-electron chi connectivity index (χ2n) is 16.0. The summed E-state index contributed by atoms with van der Waals surface area (Å²) in [4.78, 5) is 73.5. The summed E-state index contributed by atoms with van der Waals surface area (Å²) in [6.07, 6.45) is 6.32. The lowest BCUT2D eigenvalue weighted by Crippen LogP contribution is -2.59. The minimum absolute atomic E-state index is 0.0151. The maximum absolute atomic E-state index is 14.2. The van der Waals surface area contributed by atoms with Gasteiger partial charge in [0.05, 0.1) is 42.7 Å². The van der Waals surface area contributed by atoms with E-state index in [1.807, 2.05) is 60.5 Å². The molecule has 1 saturated heterocycles. The third-order valence-electron chi connectivity index (χ3n) is 11.1. The lowest BCUT2D eigenvalue weighted by atomic mass is 9.89. The topological polar surface area (TPSA) is 176 Å². The second-order valence-corrected chi connectivity index (χ2v) is 16.0. The number of nitrogens with one attached hydrogen (secondary N) is 3. The molecule has 1 aliphatic rings. The number of amides is 5. The van der Waals surface area contributed by atoms with Crippen molar-refractivity contribution < 1.29 is 33.4 Å². The van der Waals surface area contributed by atoms with Crippen molar-refractivity contribution in [2.75, 3.05) is 47.6 Å². The molecule has 0 spiro atoms. The molecule has 9 atom stereocenters. The van der Waals surface area contributed by atoms with Crippen molar-refractivity contribution in [3.63, 3.8) is 0 Å². The van der Waals surface area contributed by atoms with Gasteiger partial charge >= 0.3 is 0 Å². The number of likely N-dealkylation sites (N-methyl/N-ethyl adjacent to an activating group) is 2. The van der Waals surface area contributed by atoms with Crippen molar-refractivity contribution in [2.45, 2.75) is 123 Å². The standard InChI is InChI=1S/C42H69N7O7/c1-14-27(7)37(48(11)42(54)35(25(3)4)46-41(53)36(26(5)6)47(9)10)33(55-12)23-34(50)49-22-16-17-32(49)38(56-13)28(8)39(51)45-31(15-2)40(52)44-24-29-18-20-30(43)21-19-29/h2,18-21,25-28,31-33,35-38H,14,16-17,22-24,43H2,1,3-13H3,(H,44,52)(H,45,51)(H,46,53)/t27-,28+,31-,32-,33+,35-,36-,37-,38+/m0/s1. The molecule has 5 N–H and O–H groups in total. The number of hydrogen-bond acceptors (Lipinski definition) is 9. The maximum atomic E-state index is 14.2. The van der Waals surface area contributed by atoms with Crippen LogP contribution in [0.25, 0.3) is 0 Å². The molecule has 56 heavy (non-hydrogen) atoms. The zero-order chi connectivity index (χ0) is 42.4. The minimum atomic E-state index is -1.22. The van der Waals surface area contributed by atoms with Crippen molar-refractivity contribution in [2.24, 2.45) is 23.7 Å². The molecule has 1 heterocycles. The van der Waals surface area contributed by atoms with E-state index in [9.17, 15) is 24.0 Å². The van der Waals surface area contributed by atoms with E-state index < -0.39 is 60.1 Å². The number of ether oxygens (including phenoxy) is 2. The molecule has 2 rings (SSSR count). The van der Waals surface area contributed by atoms with Crippen molar-refractivity contribution >= 4 is 35.2 Å². The highest BCUT2D eigenvalue weighted by atomic mass is 16.5. The van der Waals surface area contributed by atoms with E-state index in [0.29, 0.717) is 31.5 Å². The van der Waals surface area contributed by atoms with Crippen LogP contribution in [0.15, 0.2) is 24.3 Å². The molecule has 1 aliphatic heterocycles. The smallest absolute Gasteiger partial charge is 0.255 e. The molecule has 0 bridgehead atoms. The fourth-order valence-electron chi connectivity index (χ4n) is 7.79. The van der Waals surface area contributed by atoms with E-state index >= 15 is 0 Å². The second kappa shape index (κ2) is 22.5. The van der Waals surface area contributed by atoms with Crippen LogP contribution in [-0.2, 0) is 40.0 Å². The first kappa shape index (κ1) is 48.0. The number of rotatable bonds is 21. The number of nitrogens with zero attached hydrogens (tertiary/aromatic N) is 3. The molecule has 0 radical (unpaired) electrons. The van der Waals surface area contributed by atoms with E-state index in [0.717, 1.165) is 5.56 Å². The lowest BCUT2D eigenvalue weighted by Gasteiger charge is -2.41. The molecule has 1 aromatic rings. The van der Waals surface area contributed by atoms with E-state index in [-0.39, 0.29) is 48.4 Å². The Balaban J connectivity index is 2.23. The molecule has 1 fully saturated rings. The molecular formula is C42H69N7O7. The van der Waals surface area contributed by atoms with E-state index in [1.54, 1.807) is 48.0 Å². The van der Waals surface area contributed by atoms with Crippen LogP contribution in [-0.4, -0.2) is 129 Å². The average molecular weight is 784 g/mol. The summed E-state index contributed by atoms with van der Waals surface area (Å²) in [5.41, 5.74) is 7.17. The fourth-order valence-corrected chi connectivity index (χ4v) is 7.79.